The minimum atomic E-state index is -0.405. The van der Waals surface area contributed by atoms with Crippen molar-refractivity contribution in [3.05, 3.63) is 64.7 Å². The quantitative estimate of drug-likeness (QED) is 0.497. The van der Waals surface area contributed by atoms with Crippen molar-refractivity contribution < 1.29 is 23.9 Å². The van der Waals surface area contributed by atoms with Crippen LogP contribution >= 0.6 is 0 Å². The van der Waals surface area contributed by atoms with Crippen molar-refractivity contribution in [2.45, 2.75) is 6.42 Å². The maximum Gasteiger partial charge on any atom is 0.261 e. The van der Waals surface area contributed by atoms with Crippen LogP contribution in [0.25, 0.3) is 0 Å². The number of ether oxygens (including phenoxy) is 1. The molecule has 0 saturated carbocycles. The van der Waals surface area contributed by atoms with Crippen LogP contribution in [0.15, 0.2) is 42.5 Å². The number of rotatable bonds is 7. The second kappa shape index (κ2) is 10.1. The van der Waals surface area contributed by atoms with Crippen LogP contribution < -0.4 is 5.32 Å². The fraction of sp³-hybridized carbons (Fsp3) is 0.360. The predicted octanol–water partition coefficient (Wildman–Crippen LogP) is 1.96. The lowest BCUT2D eigenvalue weighted by Gasteiger charge is -2.32. The minimum absolute atomic E-state index is 0.0252. The standard InChI is InChI=1S/C25H28N4O5/c1-27-11-13-28(14-12-27)23(31)17-4-7-19(8-5-17)26-22(30)18-6-9-20-21(16-18)25(33)29(24(20)32)10-3-15-34-2/h4-9,16H,3,10-15H2,1-2H3,(H,26,30). The van der Waals surface area contributed by atoms with Gasteiger partial charge in [0, 0.05) is 63.3 Å². The maximum absolute atomic E-state index is 12.8. The molecule has 9 nitrogen and oxygen atoms in total. The van der Waals surface area contributed by atoms with Gasteiger partial charge in [0.15, 0.2) is 0 Å². The summed E-state index contributed by atoms with van der Waals surface area (Å²) in [6.45, 7) is 3.79. The number of methoxy groups -OCH3 is 1. The Kier molecular flexibility index (Phi) is 7.04. The summed E-state index contributed by atoms with van der Waals surface area (Å²) in [7, 11) is 3.60. The van der Waals surface area contributed by atoms with E-state index in [-0.39, 0.29) is 29.5 Å². The first-order valence-electron chi connectivity index (χ1n) is 11.3. The number of piperazine rings is 1. The number of carbonyl (C=O) groups excluding carboxylic acids is 4. The van der Waals surface area contributed by atoms with E-state index >= 15 is 0 Å². The number of hydrogen-bond acceptors (Lipinski definition) is 6. The van der Waals surface area contributed by atoms with Crippen LogP contribution in [0.1, 0.15) is 47.9 Å². The zero-order chi connectivity index (χ0) is 24.2. The third-order valence-corrected chi connectivity index (χ3v) is 6.14. The molecule has 1 saturated heterocycles. The highest BCUT2D eigenvalue weighted by Gasteiger charge is 2.35. The molecule has 2 aliphatic heterocycles. The van der Waals surface area contributed by atoms with Gasteiger partial charge in [-0.2, -0.15) is 0 Å². The molecule has 1 fully saturated rings. The van der Waals surface area contributed by atoms with E-state index in [1.165, 1.54) is 23.1 Å². The Balaban J connectivity index is 1.41. The van der Waals surface area contributed by atoms with Gasteiger partial charge in [0.25, 0.3) is 23.6 Å². The van der Waals surface area contributed by atoms with Crippen molar-refractivity contribution in [3.63, 3.8) is 0 Å². The van der Waals surface area contributed by atoms with Crippen LogP contribution in [0.3, 0.4) is 0 Å². The summed E-state index contributed by atoms with van der Waals surface area (Å²) in [5.41, 5.74) is 1.90. The van der Waals surface area contributed by atoms with Gasteiger partial charge in [0.05, 0.1) is 11.1 Å². The summed E-state index contributed by atoms with van der Waals surface area (Å²) in [6.07, 6.45) is 0.544. The molecule has 9 heteroatoms. The van der Waals surface area contributed by atoms with Gasteiger partial charge in [-0.25, -0.2) is 0 Å². The first kappa shape index (κ1) is 23.6. The van der Waals surface area contributed by atoms with Crippen molar-refractivity contribution in [1.82, 2.24) is 14.7 Å². The number of anilines is 1. The summed E-state index contributed by atoms with van der Waals surface area (Å²) >= 11 is 0. The first-order chi connectivity index (χ1) is 16.4. The number of nitrogens with one attached hydrogen (secondary N) is 1. The molecule has 2 aromatic carbocycles. The lowest BCUT2D eigenvalue weighted by molar-refractivity contribution is 0.0634. The van der Waals surface area contributed by atoms with Gasteiger partial charge in [-0.15, -0.1) is 0 Å². The summed E-state index contributed by atoms with van der Waals surface area (Å²) < 4.78 is 4.99. The van der Waals surface area contributed by atoms with Gasteiger partial charge in [-0.1, -0.05) is 0 Å². The molecule has 34 heavy (non-hydrogen) atoms. The van der Waals surface area contributed by atoms with Gasteiger partial charge in [-0.3, -0.25) is 24.1 Å². The molecule has 2 aliphatic rings. The molecule has 0 atom stereocenters. The van der Waals surface area contributed by atoms with Crippen molar-refractivity contribution >= 4 is 29.3 Å². The van der Waals surface area contributed by atoms with E-state index < -0.39 is 11.8 Å². The molecule has 0 aliphatic carbocycles. The van der Waals surface area contributed by atoms with Crippen LogP contribution in [0.5, 0.6) is 0 Å². The molecule has 0 unspecified atom stereocenters. The average molecular weight is 465 g/mol. The van der Waals surface area contributed by atoms with Crippen molar-refractivity contribution in [2.24, 2.45) is 0 Å². The normalized spacial score (nSPS) is 16.1. The van der Waals surface area contributed by atoms with Gasteiger partial charge in [-0.05, 0) is 55.9 Å². The van der Waals surface area contributed by atoms with E-state index in [2.05, 4.69) is 10.2 Å². The highest BCUT2D eigenvalue weighted by molar-refractivity contribution is 6.22. The monoisotopic (exact) mass is 464 g/mol. The van der Waals surface area contributed by atoms with Gasteiger partial charge >= 0.3 is 0 Å². The van der Waals surface area contributed by atoms with Crippen LogP contribution in [0.4, 0.5) is 5.69 Å². The van der Waals surface area contributed by atoms with Crippen molar-refractivity contribution in [3.8, 4) is 0 Å². The second-order valence-corrected chi connectivity index (χ2v) is 8.50. The summed E-state index contributed by atoms with van der Waals surface area (Å²) in [5, 5.41) is 2.78. The SMILES string of the molecule is COCCCN1C(=O)c2ccc(C(=O)Nc3ccc(C(=O)N4CCN(C)CC4)cc3)cc2C1=O. The molecule has 0 spiro atoms. The Hall–Kier alpha value is -3.56. The zero-order valence-electron chi connectivity index (χ0n) is 19.4. The third kappa shape index (κ3) is 4.85. The number of likely N-dealkylation sites (N-methyl/N-ethyl adjacent to an activating group) is 1. The van der Waals surface area contributed by atoms with Crippen molar-refractivity contribution in [1.29, 1.82) is 0 Å². The van der Waals surface area contributed by atoms with E-state index in [9.17, 15) is 19.2 Å². The van der Waals surface area contributed by atoms with E-state index in [1.807, 2.05) is 11.9 Å². The molecular weight excluding hydrogens is 436 g/mol. The molecule has 0 aromatic heterocycles. The van der Waals surface area contributed by atoms with Crippen LogP contribution in [-0.4, -0.2) is 91.8 Å². The smallest absolute Gasteiger partial charge is 0.261 e. The van der Waals surface area contributed by atoms with Crippen LogP contribution in [-0.2, 0) is 4.74 Å². The highest BCUT2D eigenvalue weighted by Crippen LogP contribution is 2.25. The molecule has 4 rings (SSSR count). The molecule has 178 valence electrons. The fourth-order valence-corrected chi connectivity index (χ4v) is 4.09. The largest absolute Gasteiger partial charge is 0.385 e. The van der Waals surface area contributed by atoms with Gasteiger partial charge in [0.2, 0.25) is 0 Å². The third-order valence-electron chi connectivity index (χ3n) is 6.14. The van der Waals surface area contributed by atoms with Gasteiger partial charge < -0.3 is 19.9 Å². The molecule has 2 aromatic rings. The zero-order valence-corrected chi connectivity index (χ0v) is 19.4. The number of carbonyl (C=O) groups is 4. The Labute approximate surface area is 198 Å². The number of nitrogens with zero attached hydrogens (tertiary/aromatic N) is 3. The topological polar surface area (TPSA) is 99.3 Å². The second-order valence-electron chi connectivity index (χ2n) is 8.50. The number of hydrogen-bond donors (Lipinski definition) is 1. The number of imide groups is 1. The highest BCUT2D eigenvalue weighted by atomic mass is 16.5. The number of fused-ring (bicyclic) bond motifs is 1. The molecule has 2 heterocycles. The fourth-order valence-electron chi connectivity index (χ4n) is 4.09. The Morgan fingerprint density at radius 1 is 0.912 bits per heavy atom. The predicted molar refractivity (Wildman–Crippen MR) is 126 cm³/mol. The summed E-state index contributed by atoms with van der Waals surface area (Å²) in [5.74, 6) is -1.19. The average Bonchev–Trinajstić information content (AvgIpc) is 3.09. The summed E-state index contributed by atoms with van der Waals surface area (Å²) in [4.78, 5) is 55.9. The van der Waals surface area contributed by atoms with Crippen LogP contribution in [0, 0.1) is 0 Å². The Morgan fingerprint density at radius 3 is 2.24 bits per heavy atom. The van der Waals surface area contributed by atoms with Crippen LogP contribution in [0.2, 0.25) is 0 Å². The summed E-state index contributed by atoms with van der Waals surface area (Å²) in [6, 6.07) is 11.2. The molecule has 4 amide bonds. The van der Waals surface area contributed by atoms with E-state index in [0.717, 1.165) is 13.1 Å². The Morgan fingerprint density at radius 2 is 1.56 bits per heavy atom. The number of amides is 4. The van der Waals surface area contributed by atoms with Crippen molar-refractivity contribution in [2.75, 3.05) is 58.8 Å². The first-order valence-corrected chi connectivity index (χ1v) is 11.3. The van der Waals surface area contributed by atoms with E-state index in [0.29, 0.717) is 42.9 Å². The van der Waals surface area contributed by atoms with E-state index in [1.54, 1.807) is 31.4 Å². The molecule has 0 bridgehead atoms. The van der Waals surface area contributed by atoms with Gasteiger partial charge in [0.1, 0.15) is 0 Å². The molecule has 0 radical (unpaired) electrons. The molecular formula is C25H28N4O5. The molecule has 1 N–H and O–H groups in total. The lowest BCUT2D eigenvalue weighted by atomic mass is 10.1. The minimum Gasteiger partial charge on any atom is -0.385 e. The lowest BCUT2D eigenvalue weighted by Crippen LogP contribution is -2.47. The number of benzene rings is 2. The Bertz CT molecular complexity index is 1110. The van der Waals surface area contributed by atoms with E-state index in [4.69, 9.17) is 4.74 Å². The maximum atomic E-state index is 12.8.